The van der Waals surface area contributed by atoms with E-state index in [0.29, 0.717) is 22.6 Å². The highest BCUT2D eigenvalue weighted by atomic mass is 35.5. The first-order chi connectivity index (χ1) is 11.8. The van der Waals surface area contributed by atoms with Gasteiger partial charge in [0.25, 0.3) is 0 Å². The van der Waals surface area contributed by atoms with Crippen molar-refractivity contribution >= 4 is 28.8 Å². The van der Waals surface area contributed by atoms with Crippen molar-refractivity contribution in [1.29, 1.82) is 0 Å². The minimum atomic E-state index is -0.840. The van der Waals surface area contributed by atoms with E-state index in [4.69, 9.17) is 17.3 Å². The number of halogens is 4. The first-order valence-corrected chi connectivity index (χ1v) is 7.66. The average Bonchev–Trinajstić information content (AvgIpc) is 2.77. The maximum Gasteiger partial charge on any atom is 0.151 e. The van der Waals surface area contributed by atoms with E-state index < -0.39 is 17.5 Å². The first-order valence-electron chi connectivity index (χ1n) is 7.28. The van der Waals surface area contributed by atoms with Crippen LogP contribution in [0.4, 0.5) is 30.4 Å². The summed E-state index contributed by atoms with van der Waals surface area (Å²) in [6.07, 6.45) is 0. The van der Waals surface area contributed by atoms with Crippen LogP contribution < -0.4 is 11.1 Å². The second-order valence-electron chi connectivity index (χ2n) is 5.53. The van der Waals surface area contributed by atoms with Crippen molar-refractivity contribution in [2.45, 2.75) is 6.92 Å². The Balaban J connectivity index is 2.16. The van der Waals surface area contributed by atoms with E-state index in [0.717, 1.165) is 12.1 Å². The fourth-order valence-corrected chi connectivity index (χ4v) is 2.92. The van der Waals surface area contributed by atoms with Gasteiger partial charge in [-0.2, -0.15) is 5.10 Å². The summed E-state index contributed by atoms with van der Waals surface area (Å²) < 4.78 is 42.2. The predicted molar refractivity (Wildman–Crippen MR) is 92.4 cm³/mol. The molecular weight excluding hydrogens is 353 g/mol. The molecule has 0 aliphatic heterocycles. The summed E-state index contributed by atoms with van der Waals surface area (Å²) in [7, 11) is 1.65. The number of aromatic nitrogens is 2. The molecule has 3 N–H and O–H groups in total. The van der Waals surface area contributed by atoms with Crippen LogP contribution >= 0.6 is 11.6 Å². The normalized spacial score (nSPS) is 11.0. The van der Waals surface area contributed by atoms with Crippen molar-refractivity contribution in [2.24, 2.45) is 7.05 Å². The summed E-state index contributed by atoms with van der Waals surface area (Å²) in [6.45, 7) is 1.74. The number of anilines is 3. The third-order valence-corrected chi connectivity index (χ3v) is 4.06. The Morgan fingerprint density at radius 2 is 1.84 bits per heavy atom. The molecule has 0 aliphatic rings. The lowest BCUT2D eigenvalue weighted by atomic mass is 10.1. The Morgan fingerprint density at radius 1 is 1.12 bits per heavy atom. The predicted octanol–water partition coefficient (Wildman–Crippen LogP) is 4.79. The Labute approximate surface area is 147 Å². The molecule has 1 heterocycles. The van der Waals surface area contributed by atoms with Gasteiger partial charge in [0.1, 0.15) is 17.5 Å². The van der Waals surface area contributed by atoms with Gasteiger partial charge in [-0.15, -0.1) is 0 Å². The van der Waals surface area contributed by atoms with Crippen molar-refractivity contribution in [1.82, 2.24) is 9.78 Å². The third-order valence-electron chi connectivity index (χ3n) is 3.75. The Kier molecular flexibility index (Phi) is 4.34. The van der Waals surface area contributed by atoms with Crippen molar-refractivity contribution in [2.75, 3.05) is 11.1 Å². The highest BCUT2D eigenvalue weighted by molar-refractivity contribution is 6.33. The zero-order valence-corrected chi connectivity index (χ0v) is 14.1. The summed E-state index contributed by atoms with van der Waals surface area (Å²) in [5, 5.41) is 7.32. The smallest absolute Gasteiger partial charge is 0.151 e. The van der Waals surface area contributed by atoms with E-state index in [1.54, 1.807) is 14.0 Å². The van der Waals surface area contributed by atoms with Crippen molar-refractivity contribution in [3.63, 3.8) is 0 Å². The molecule has 4 nitrogen and oxygen atoms in total. The van der Waals surface area contributed by atoms with Crippen LogP contribution in [0.3, 0.4) is 0 Å². The molecule has 130 valence electrons. The van der Waals surface area contributed by atoms with Crippen molar-refractivity contribution in [3.05, 3.63) is 58.5 Å². The fraction of sp³-hybridized carbons (Fsp3) is 0.118. The van der Waals surface area contributed by atoms with Gasteiger partial charge in [-0.1, -0.05) is 11.6 Å². The van der Waals surface area contributed by atoms with Crippen LogP contribution in [0.5, 0.6) is 0 Å². The molecule has 1 aromatic heterocycles. The summed E-state index contributed by atoms with van der Waals surface area (Å²) in [5.41, 5.74) is 7.24. The highest BCUT2D eigenvalue weighted by Crippen LogP contribution is 2.38. The topological polar surface area (TPSA) is 55.9 Å². The van der Waals surface area contributed by atoms with E-state index in [1.807, 2.05) is 0 Å². The van der Waals surface area contributed by atoms with Gasteiger partial charge in [0, 0.05) is 24.2 Å². The number of aryl methyl sites for hydroxylation is 2. The number of hydrogen-bond donors (Lipinski definition) is 2. The van der Waals surface area contributed by atoms with E-state index in [-0.39, 0.29) is 16.4 Å². The van der Waals surface area contributed by atoms with Gasteiger partial charge in [-0.3, -0.25) is 4.68 Å². The molecule has 0 bridgehead atoms. The van der Waals surface area contributed by atoms with Crippen LogP contribution in [0.15, 0.2) is 30.3 Å². The average molecular weight is 367 g/mol. The van der Waals surface area contributed by atoms with Crippen LogP contribution in [-0.2, 0) is 7.05 Å². The summed E-state index contributed by atoms with van der Waals surface area (Å²) in [4.78, 5) is 0. The lowest BCUT2D eigenvalue weighted by Gasteiger charge is -2.14. The molecule has 3 rings (SSSR count). The molecule has 0 fully saturated rings. The minimum absolute atomic E-state index is 0.0797. The second kappa shape index (κ2) is 6.33. The molecule has 8 heteroatoms. The van der Waals surface area contributed by atoms with Gasteiger partial charge in [-0.25, -0.2) is 13.2 Å². The second-order valence-corrected chi connectivity index (χ2v) is 5.94. The maximum absolute atomic E-state index is 14.1. The van der Waals surface area contributed by atoms with Crippen LogP contribution in [0, 0.1) is 24.4 Å². The minimum Gasteiger partial charge on any atom is -0.397 e. The summed E-state index contributed by atoms with van der Waals surface area (Å²) >= 11 is 6.15. The molecule has 0 amide bonds. The van der Waals surface area contributed by atoms with Gasteiger partial charge in [-0.05, 0) is 31.2 Å². The molecule has 2 aromatic carbocycles. The third kappa shape index (κ3) is 3.15. The zero-order valence-electron chi connectivity index (χ0n) is 13.4. The molecule has 3 aromatic rings. The molecule has 0 unspecified atom stereocenters. The molecule has 0 atom stereocenters. The molecule has 0 spiro atoms. The molecule has 0 saturated heterocycles. The summed E-state index contributed by atoms with van der Waals surface area (Å²) in [5.74, 6) is -1.70. The molecule has 0 saturated carbocycles. The van der Waals surface area contributed by atoms with Gasteiger partial charge in [0.2, 0.25) is 0 Å². The highest BCUT2D eigenvalue weighted by Gasteiger charge is 2.20. The Hall–Kier alpha value is -2.67. The number of benzene rings is 2. The maximum atomic E-state index is 14.1. The van der Waals surface area contributed by atoms with Crippen molar-refractivity contribution in [3.8, 4) is 11.1 Å². The number of nitrogen functional groups attached to an aromatic ring is 1. The van der Waals surface area contributed by atoms with Crippen molar-refractivity contribution < 1.29 is 13.2 Å². The lowest BCUT2D eigenvalue weighted by molar-refractivity contribution is 0.587. The molecule has 25 heavy (non-hydrogen) atoms. The molecular formula is C17H14ClF3N4. The zero-order chi connectivity index (χ0) is 18.3. The fourth-order valence-electron chi connectivity index (χ4n) is 2.66. The monoisotopic (exact) mass is 366 g/mol. The van der Waals surface area contributed by atoms with Gasteiger partial charge >= 0.3 is 0 Å². The lowest BCUT2D eigenvalue weighted by Crippen LogP contribution is -2.05. The molecule has 0 aliphatic carbocycles. The number of nitrogens with two attached hydrogens (primary N) is 1. The van der Waals surface area contributed by atoms with E-state index in [9.17, 15) is 13.2 Å². The quantitative estimate of drug-likeness (QED) is 0.655. The summed E-state index contributed by atoms with van der Waals surface area (Å²) in [6, 6.07) is 5.70. The van der Waals surface area contributed by atoms with E-state index >= 15 is 0 Å². The number of nitrogens with zero attached hydrogens (tertiary/aromatic N) is 2. The van der Waals surface area contributed by atoms with Crippen LogP contribution in [0.25, 0.3) is 11.1 Å². The van der Waals surface area contributed by atoms with Gasteiger partial charge in [0.05, 0.1) is 22.1 Å². The number of nitrogens with one attached hydrogen (secondary N) is 1. The van der Waals surface area contributed by atoms with Crippen LogP contribution in [0.2, 0.25) is 5.02 Å². The van der Waals surface area contributed by atoms with Gasteiger partial charge < -0.3 is 11.1 Å². The SMILES string of the molecule is Cc1nn(C)c(Nc2c(N)cc(F)cc2F)c1-c1ccc(F)cc1Cl. The van der Waals surface area contributed by atoms with E-state index in [2.05, 4.69) is 10.4 Å². The van der Waals surface area contributed by atoms with Crippen LogP contribution in [-0.4, -0.2) is 9.78 Å². The largest absolute Gasteiger partial charge is 0.397 e. The Bertz CT molecular complexity index is 946. The first kappa shape index (κ1) is 17.2. The Morgan fingerprint density at radius 3 is 2.48 bits per heavy atom. The standard InChI is InChI=1S/C17H14ClF3N4/c1-8-15(11-4-3-9(19)5-12(11)18)17(25(2)24-8)23-16-13(21)6-10(20)7-14(16)22/h3-7,23H,22H2,1-2H3. The number of rotatable bonds is 3. The molecule has 0 radical (unpaired) electrons. The van der Waals surface area contributed by atoms with Gasteiger partial charge in [0.15, 0.2) is 5.82 Å². The van der Waals surface area contributed by atoms with Crippen LogP contribution in [0.1, 0.15) is 5.69 Å². The van der Waals surface area contributed by atoms with E-state index in [1.165, 1.54) is 22.9 Å². The number of hydrogen-bond acceptors (Lipinski definition) is 3.